The molecule has 2 rings (SSSR count). The van der Waals surface area contributed by atoms with Gasteiger partial charge in [-0.3, -0.25) is 0 Å². The van der Waals surface area contributed by atoms with Crippen molar-refractivity contribution in [1.82, 2.24) is 15.3 Å². The molecule has 0 atom stereocenters. The van der Waals surface area contributed by atoms with Crippen LogP contribution < -0.4 is 10.1 Å². The topological polar surface area (TPSA) is 47.0 Å². The fraction of sp³-hybridized carbons (Fsp3) is 0.375. The van der Waals surface area contributed by atoms with Gasteiger partial charge in [-0.1, -0.05) is 19.1 Å². The molecule has 0 saturated carbocycles. The summed E-state index contributed by atoms with van der Waals surface area (Å²) in [5, 5.41) is 3.36. The lowest BCUT2D eigenvalue weighted by Gasteiger charge is -2.10. The molecular weight excluding hydrogens is 282 g/mol. The molecule has 0 unspecified atom stereocenters. The zero-order valence-electron chi connectivity index (χ0n) is 12.7. The zero-order chi connectivity index (χ0) is 15.1. The number of rotatable bonds is 7. The number of ether oxygens (including phenoxy) is 1. The highest BCUT2D eigenvalue weighted by Gasteiger charge is 2.08. The van der Waals surface area contributed by atoms with Crippen LogP contribution in [-0.4, -0.2) is 22.8 Å². The number of nitrogens with one attached hydrogen (secondary N) is 1. The van der Waals surface area contributed by atoms with Crippen LogP contribution in [0.4, 0.5) is 0 Å². The van der Waals surface area contributed by atoms with Crippen LogP contribution in [0, 0.1) is 6.92 Å². The van der Waals surface area contributed by atoms with Gasteiger partial charge in [-0.2, -0.15) is 4.98 Å². The maximum Gasteiger partial charge on any atom is 0.322 e. The molecule has 0 fully saturated rings. The van der Waals surface area contributed by atoms with E-state index in [1.54, 1.807) is 11.8 Å². The van der Waals surface area contributed by atoms with E-state index < -0.39 is 0 Å². The van der Waals surface area contributed by atoms with E-state index in [1.807, 2.05) is 43.6 Å². The van der Waals surface area contributed by atoms with E-state index in [9.17, 15) is 0 Å². The number of hydrogen-bond acceptors (Lipinski definition) is 5. The monoisotopic (exact) mass is 303 g/mol. The van der Waals surface area contributed by atoms with Gasteiger partial charge in [-0.05, 0) is 38.3 Å². The predicted octanol–water partition coefficient (Wildman–Crippen LogP) is 3.80. The standard InChI is InChI=1S/C16H21N3OS/c1-4-9-17-10-13-11-18-16(19-12(13)2)20-14-7-5-6-8-15(14)21-3/h5-8,11,17H,4,9-10H2,1-3H3. The number of hydrogen-bond donors (Lipinski definition) is 1. The van der Waals surface area contributed by atoms with Crippen molar-refractivity contribution in [3.05, 3.63) is 41.7 Å². The number of aromatic nitrogens is 2. The molecule has 0 aliphatic rings. The minimum atomic E-state index is 0.397. The number of nitrogens with zero attached hydrogens (tertiary/aromatic N) is 2. The summed E-state index contributed by atoms with van der Waals surface area (Å²) in [6, 6.07) is 8.29. The smallest absolute Gasteiger partial charge is 0.322 e. The van der Waals surface area contributed by atoms with Crippen molar-refractivity contribution in [2.75, 3.05) is 12.8 Å². The lowest BCUT2D eigenvalue weighted by molar-refractivity contribution is 0.429. The summed E-state index contributed by atoms with van der Waals surface area (Å²) in [5.41, 5.74) is 2.05. The number of para-hydroxylation sites is 1. The lowest BCUT2D eigenvalue weighted by Crippen LogP contribution is -2.15. The van der Waals surface area contributed by atoms with Crippen molar-refractivity contribution in [1.29, 1.82) is 0 Å². The Balaban J connectivity index is 2.09. The summed E-state index contributed by atoms with van der Waals surface area (Å²) in [7, 11) is 0. The van der Waals surface area contributed by atoms with Gasteiger partial charge in [0.25, 0.3) is 0 Å². The molecule has 5 heteroatoms. The van der Waals surface area contributed by atoms with Gasteiger partial charge in [0, 0.05) is 28.9 Å². The van der Waals surface area contributed by atoms with Crippen molar-refractivity contribution in [3.63, 3.8) is 0 Å². The van der Waals surface area contributed by atoms with Crippen LogP contribution in [0.5, 0.6) is 11.8 Å². The van der Waals surface area contributed by atoms with Crippen LogP contribution in [0.25, 0.3) is 0 Å². The molecule has 0 aliphatic heterocycles. The van der Waals surface area contributed by atoms with Crippen LogP contribution in [0.15, 0.2) is 35.4 Å². The van der Waals surface area contributed by atoms with E-state index in [1.165, 1.54) is 0 Å². The van der Waals surface area contributed by atoms with E-state index in [2.05, 4.69) is 22.2 Å². The Labute approximate surface area is 130 Å². The number of benzene rings is 1. The molecular formula is C16H21N3OS. The normalized spacial score (nSPS) is 10.6. The van der Waals surface area contributed by atoms with Crippen LogP contribution >= 0.6 is 11.8 Å². The van der Waals surface area contributed by atoms with Gasteiger partial charge in [-0.25, -0.2) is 4.98 Å². The molecule has 2 aromatic rings. The van der Waals surface area contributed by atoms with Crippen LogP contribution in [0.1, 0.15) is 24.6 Å². The fourth-order valence-electron chi connectivity index (χ4n) is 1.89. The Morgan fingerprint density at radius 2 is 2.10 bits per heavy atom. The van der Waals surface area contributed by atoms with Gasteiger partial charge in [0.2, 0.25) is 0 Å². The van der Waals surface area contributed by atoms with Crippen LogP contribution in [0.3, 0.4) is 0 Å². The highest BCUT2D eigenvalue weighted by atomic mass is 32.2. The number of thioether (sulfide) groups is 1. The molecule has 21 heavy (non-hydrogen) atoms. The lowest BCUT2D eigenvalue weighted by atomic mass is 10.2. The van der Waals surface area contributed by atoms with Crippen LogP contribution in [-0.2, 0) is 6.54 Å². The first-order chi connectivity index (χ1) is 10.2. The first-order valence-corrected chi connectivity index (χ1v) is 8.31. The van der Waals surface area contributed by atoms with Crippen LogP contribution in [0.2, 0.25) is 0 Å². The average Bonchev–Trinajstić information content (AvgIpc) is 2.50. The zero-order valence-corrected chi connectivity index (χ0v) is 13.5. The third-order valence-corrected chi connectivity index (χ3v) is 3.85. The molecule has 0 saturated heterocycles. The maximum absolute atomic E-state index is 5.80. The summed E-state index contributed by atoms with van der Waals surface area (Å²) < 4.78 is 5.80. The summed E-state index contributed by atoms with van der Waals surface area (Å²) in [6.45, 7) is 5.93. The summed E-state index contributed by atoms with van der Waals surface area (Å²) in [5.74, 6) is 0.793. The van der Waals surface area contributed by atoms with Gasteiger partial charge in [0.15, 0.2) is 0 Å². The van der Waals surface area contributed by atoms with Crippen molar-refractivity contribution >= 4 is 11.8 Å². The molecule has 0 aliphatic carbocycles. The molecule has 0 amide bonds. The van der Waals surface area contributed by atoms with Gasteiger partial charge in [0.05, 0.1) is 0 Å². The highest BCUT2D eigenvalue weighted by Crippen LogP contribution is 2.29. The summed E-state index contributed by atoms with van der Waals surface area (Å²) in [6.07, 6.45) is 4.98. The molecule has 0 bridgehead atoms. The minimum Gasteiger partial charge on any atom is -0.423 e. The molecule has 4 nitrogen and oxygen atoms in total. The Morgan fingerprint density at radius 3 is 2.81 bits per heavy atom. The second kappa shape index (κ2) is 8.00. The van der Waals surface area contributed by atoms with Gasteiger partial charge in [0.1, 0.15) is 5.75 Å². The minimum absolute atomic E-state index is 0.397. The highest BCUT2D eigenvalue weighted by molar-refractivity contribution is 7.98. The third-order valence-electron chi connectivity index (χ3n) is 3.07. The van der Waals surface area contributed by atoms with E-state index in [4.69, 9.17) is 4.74 Å². The number of aryl methyl sites for hydroxylation is 1. The second-order valence-electron chi connectivity index (χ2n) is 4.69. The maximum atomic E-state index is 5.80. The molecule has 1 N–H and O–H groups in total. The van der Waals surface area contributed by atoms with Crippen molar-refractivity contribution in [3.8, 4) is 11.8 Å². The quantitative estimate of drug-likeness (QED) is 0.623. The molecule has 1 aromatic carbocycles. The van der Waals surface area contributed by atoms with Crippen molar-refractivity contribution in [2.24, 2.45) is 0 Å². The fourth-order valence-corrected chi connectivity index (χ4v) is 2.42. The first kappa shape index (κ1) is 15.8. The SMILES string of the molecule is CCCNCc1cnc(Oc2ccccc2SC)nc1C. The molecule has 112 valence electrons. The van der Waals surface area contributed by atoms with E-state index in [-0.39, 0.29) is 0 Å². The molecule has 0 radical (unpaired) electrons. The molecule has 0 spiro atoms. The van der Waals surface area contributed by atoms with Gasteiger partial charge < -0.3 is 10.1 Å². The largest absolute Gasteiger partial charge is 0.423 e. The van der Waals surface area contributed by atoms with Gasteiger partial charge >= 0.3 is 6.01 Å². The van der Waals surface area contributed by atoms with Gasteiger partial charge in [-0.15, -0.1) is 11.8 Å². The van der Waals surface area contributed by atoms with E-state index in [0.717, 1.165) is 41.4 Å². The van der Waals surface area contributed by atoms with Crippen molar-refractivity contribution < 1.29 is 4.74 Å². The van der Waals surface area contributed by atoms with Crippen molar-refractivity contribution in [2.45, 2.75) is 31.7 Å². The van der Waals surface area contributed by atoms with E-state index >= 15 is 0 Å². The molecule has 1 aromatic heterocycles. The Bertz CT molecular complexity index is 589. The Hall–Kier alpha value is -1.59. The second-order valence-corrected chi connectivity index (χ2v) is 5.54. The summed E-state index contributed by atoms with van der Waals surface area (Å²) >= 11 is 1.65. The third kappa shape index (κ3) is 4.44. The predicted molar refractivity (Wildman–Crippen MR) is 87.1 cm³/mol. The Kier molecular flexibility index (Phi) is 6.02. The first-order valence-electron chi connectivity index (χ1n) is 7.08. The molecule has 1 heterocycles. The van der Waals surface area contributed by atoms with E-state index in [0.29, 0.717) is 6.01 Å². The average molecular weight is 303 g/mol. The summed E-state index contributed by atoms with van der Waals surface area (Å²) in [4.78, 5) is 9.82. The Morgan fingerprint density at radius 1 is 1.29 bits per heavy atom.